The van der Waals surface area contributed by atoms with E-state index in [0.717, 1.165) is 10.4 Å². The minimum atomic E-state index is -4.43. The zero-order valence-electron chi connectivity index (χ0n) is 15.9. The van der Waals surface area contributed by atoms with Crippen molar-refractivity contribution in [1.82, 2.24) is 4.31 Å². The van der Waals surface area contributed by atoms with Crippen LogP contribution < -0.4 is 15.4 Å². The zero-order valence-corrected chi connectivity index (χ0v) is 16.7. The van der Waals surface area contributed by atoms with Crippen LogP contribution in [0.1, 0.15) is 10.4 Å². The molecule has 2 aromatic carbocycles. The Morgan fingerprint density at radius 2 is 1.72 bits per heavy atom. The van der Waals surface area contributed by atoms with Gasteiger partial charge in [-0.1, -0.05) is 12.1 Å². The number of sulfonamides is 1. The summed E-state index contributed by atoms with van der Waals surface area (Å²) in [5, 5.41) is 4.71. The Kier molecular flexibility index (Phi) is 6.75. The molecule has 29 heavy (non-hydrogen) atoms. The van der Waals surface area contributed by atoms with Gasteiger partial charge in [0, 0.05) is 19.7 Å². The molecule has 1 amide bonds. The molecule has 2 rings (SSSR count). The number of anilines is 2. The molecule has 2 aromatic rings. The molecule has 0 spiro atoms. The standard InChI is InChI=1S/C18H20F3N3O4S/c1-24(2)29(26,27)16-10-12(8-9-15(16)28-3)17(25)23-14-7-5-4-6-13(14)22-11-18(19,20)21/h4-10,22H,11H2,1-3H3,(H,23,25). The number of rotatable bonds is 7. The smallest absolute Gasteiger partial charge is 0.405 e. The maximum Gasteiger partial charge on any atom is 0.405 e. The van der Waals surface area contributed by atoms with Crippen LogP contribution in [0.25, 0.3) is 0 Å². The van der Waals surface area contributed by atoms with E-state index in [1.165, 1.54) is 51.5 Å². The van der Waals surface area contributed by atoms with Crippen molar-refractivity contribution in [3.8, 4) is 5.75 Å². The molecule has 158 valence electrons. The highest BCUT2D eigenvalue weighted by Crippen LogP contribution is 2.28. The fraction of sp³-hybridized carbons (Fsp3) is 0.278. The highest BCUT2D eigenvalue weighted by molar-refractivity contribution is 7.89. The van der Waals surface area contributed by atoms with Crippen molar-refractivity contribution < 1.29 is 31.1 Å². The van der Waals surface area contributed by atoms with E-state index in [-0.39, 0.29) is 27.6 Å². The van der Waals surface area contributed by atoms with Gasteiger partial charge >= 0.3 is 6.18 Å². The lowest BCUT2D eigenvalue weighted by molar-refractivity contribution is -0.115. The Morgan fingerprint density at radius 3 is 2.28 bits per heavy atom. The number of carbonyl (C=O) groups excluding carboxylic acids is 1. The number of benzene rings is 2. The van der Waals surface area contributed by atoms with Gasteiger partial charge in [0.1, 0.15) is 17.2 Å². The van der Waals surface area contributed by atoms with E-state index in [1.807, 2.05) is 0 Å². The van der Waals surface area contributed by atoms with Crippen LogP contribution in [0.5, 0.6) is 5.75 Å². The van der Waals surface area contributed by atoms with Crippen LogP contribution >= 0.6 is 0 Å². The third kappa shape index (κ3) is 5.61. The third-order valence-corrected chi connectivity index (χ3v) is 5.68. The fourth-order valence-electron chi connectivity index (χ4n) is 2.35. The zero-order chi connectivity index (χ0) is 21.8. The molecule has 0 aliphatic heterocycles. The fourth-order valence-corrected chi connectivity index (χ4v) is 3.43. The maximum atomic E-state index is 12.6. The Labute approximate surface area is 166 Å². The molecule has 0 fully saturated rings. The van der Waals surface area contributed by atoms with Crippen molar-refractivity contribution in [2.45, 2.75) is 11.1 Å². The summed E-state index contributed by atoms with van der Waals surface area (Å²) >= 11 is 0. The van der Waals surface area contributed by atoms with Crippen molar-refractivity contribution >= 4 is 27.3 Å². The number of methoxy groups -OCH3 is 1. The van der Waals surface area contributed by atoms with Gasteiger partial charge in [0.25, 0.3) is 5.91 Å². The first kappa shape index (κ1) is 22.5. The predicted molar refractivity (Wildman–Crippen MR) is 103 cm³/mol. The normalized spacial score (nSPS) is 12.0. The first-order valence-corrected chi connectivity index (χ1v) is 9.71. The Balaban J connectivity index is 2.33. The van der Waals surface area contributed by atoms with Crippen LogP contribution in [0.15, 0.2) is 47.4 Å². The number of nitrogens with one attached hydrogen (secondary N) is 2. The minimum Gasteiger partial charge on any atom is -0.495 e. The van der Waals surface area contributed by atoms with Gasteiger partial charge in [0.2, 0.25) is 10.0 Å². The number of carbonyl (C=O) groups is 1. The molecule has 0 unspecified atom stereocenters. The van der Waals surface area contributed by atoms with E-state index in [0.29, 0.717) is 0 Å². The van der Waals surface area contributed by atoms with Crippen molar-refractivity contribution in [2.24, 2.45) is 0 Å². The van der Waals surface area contributed by atoms with E-state index < -0.39 is 28.7 Å². The molecule has 0 saturated heterocycles. The van der Waals surface area contributed by atoms with E-state index in [9.17, 15) is 26.4 Å². The van der Waals surface area contributed by atoms with Crippen LogP contribution in [-0.4, -0.2) is 52.6 Å². The number of nitrogens with zero attached hydrogens (tertiary/aromatic N) is 1. The Bertz CT molecular complexity index is 992. The molecule has 2 N–H and O–H groups in total. The van der Waals surface area contributed by atoms with Crippen LogP contribution in [0.4, 0.5) is 24.5 Å². The lowest BCUT2D eigenvalue weighted by Gasteiger charge is -2.16. The lowest BCUT2D eigenvalue weighted by atomic mass is 10.2. The van der Waals surface area contributed by atoms with Gasteiger partial charge in [-0.2, -0.15) is 13.2 Å². The van der Waals surface area contributed by atoms with Gasteiger partial charge in [-0.3, -0.25) is 4.79 Å². The van der Waals surface area contributed by atoms with Crippen molar-refractivity contribution in [3.63, 3.8) is 0 Å². The van der Waals surface area contributed by atoms with Gasteiger partial charge in [-0.25, -0.2) is 12.7 Å². The number of ether oxygens (including phenoxy) is 1. The predicted octanol–water partition coefficient (Wildman–Crippen LogP) is 3.17. The summed E-state index contributed by atoms with van der Waals surface area (Å²) in [5.41, 5.74) is 0.194. The monoisotopic (exact) mass is 431 g/mol. The third-order valence-electron chi connectivity index (χ3n) is 3.84. The number of hydrogen-bond acceptors (Lipinski definition) is 5. The highest BCUT2D eigenvalue weighted by Gasteiger charge is 2.27. The van der Waals surface area contributed by atoms with Crippen LogP contribution in [-0.2, 0) is 10.0 Å². The Morgan fingerprint density at radius 1 is 1.10 bits per heavy atom. The quantitative estimate of drug-likeness (QED) is 0.703. The number of halogens is 3. The minimum absolute atomic E-state index is 0.00292. The van der Waals surface area contributed by atoms with Crippen molar-refractivity contribution in [3.05, 3.63) is 48.0 Å². The molecular weight excluding hydrogens is 411 g/mol. The average Bonchev–Trinajstić information content (AvgIpc) is 2.65. The first-order chi connectivity index (χ1) is 13.5. The van der Waals surface area contributed by atoms with Crippen LogP contribution in [0.2, 0.25) is 0 Å². The van der Waals surface area contributed by atoms with Gasteiger partial charge in [0.05, 0.1) is 18.5 Å². The second kappa shape index (κ2) is 8.70. The largest absolute Gasteiger partial charge is 0.495 e. The second-order valence-electron chi connectivity index (χ2n) is 6.12. The lowest BCUT2D eigenvalue weighted by Crippen LogP contribution is -2.24. The van der Waals surface area contributed by atoms with Crippen molar-refractivity contribution in [1.29, 1.82) is 0 Å². The van der Waals surface area contributed by atoms with Gasteiger partial charge in [0.15, 0.2) is 0 Å². The SMILES string of the molecule is COc1ccc(C(=O)Nc2ccccc2NCC(F)(F)F)cc1S(=O)(=O)N(C)C. The summed E-state index contributed by atoms with van der Waals surface area (Å²) in [6.07, 6.45) is -4.43. The van der Waals surface area contributed by atoms with Gasteiger partial charge in [-0.05, 0) is 30.3 Å². The molecule has 0 aliphatic carbocycles. The topological polar surface area (TPSA) is 87.7 Å². The molecule has 0 heterocycles. The van der Waals surface area contributed by atoms with E-state index in [2.05, 4.69) is 10.6 Å². The van der Waals surface area contributed by atoms with E-state index in [4.69, 9.17) is 4.74 Å². The molecule has 0 radical (unpaired) electrons. The molecule has 11 heteroatoms. The molecular formula is C18H20F3N3O4S. The number of hydrogen-bond donors (Lipinski definition) is 2. The second-order valence-corrected chi connectivity index (χ2v) is 8.24. The summed E-state index contributed by atoms with van der Waals surface area (Å²) in [6, 6.07) is 9.71. The van der Waals surface area contributed by atoms with Gasteiger partial charge < -0.3 is 15.4 Å². The summed E-state index contributed by atoms with van der Waals surface area (Å²) in [4.78, 5) is 12.4. The van der Waals surface area contributed by atoms with E-state index >= 15 is 0 Å². The molecule has 0 bridgehead atoms. The highest BCUT2D eigenvalue weighted by atomic mass is 32.2. The molecule has 7 nitrogen and oxygen atoms in total. The number of amides is 1. The maximum absolute atomic E-state index is 12.6. The molecule has 0 aromatic heterocycles. The summed E-state index contributed by atoms with van der Waals surface area (Å²) < 4.78 is 68.4. The summed E-state index contributed by atoms with van der Waals surface area (Å²) in [5.74, 6) is -0.633. The molecule has 0 aliphatic rings. The average molecular weight is 431 g/mol. The van der Waals surface area contributed by atoms with Gasteiger partial charge in [-0.15, -0.1) is 0 Å². The summed E-state index contributed by atoms with van der Waals surface area (Å²) in [6.45, 7) is -1.27. The van der Waals surface area contributed by atoms with Crippen molar-refractivity contribution in [2.75, 3.05) is 38.4 Å². The first-order valence-electron chi connectivity index (χ1n) is 8.27. The number of para-hydroxylation sites is 2. The number of alkyl halides is 3. The van der Waals surface area contributed by atoms with E-state index in [1.54, 1.807) is 6.07 Å². The Hall–Kier alpha value is -2.79. The van der Waals surface area contributed by atoms with Crippen LogP contribution in [0.3, 0.4) is 0 Å². The molecule has 0 saturated carbocycles. The summed E-state index contributed by atoms with van der Waals surface area (Å²) in [7, 11) is 0.0820. The molecule has 0 atom stereocenters. The van der Waals surface area contributed by atoms with Crippen LogP contribution in [0, 0.1) is 0 Å².